The van der Waals surface area contributed by atoms with Crippen molar-refractivity contribution in [1.82, 2.24) is 4.98 Å². The summed E-state index contributed by atoms with van der Waals surface area (Å²) in [5, 5.41) is 3.69. The molecule has 1 amide bonds. The summed E-state index contributed by atoms with van der Waals surface area (Å²) in [4.78, 5) is 16.4. The van der Waals surface area contributed by atoms with Gasteiger partial charge in [-0.15, -0.1) is 0 Å². The van der Waals surface area contributed by atoms with Crippen LogP contribution in [0.15, 0.2) is 60.7 Å². The number of hydrogen-bond donors (Lipinski definition) is 1. The molecule has 1 N–H and O–H groups in total. The Balaban J connectivity index is 1.74. The van der Waals surface area contributed by atoms with Gasteiger partial charge in [0.1, 0.15) is 5.82 Å². The Morgan fingerprint density at radius 2 is 1.90 bits per heavy atom. The molecule has 3 rings (SSSR count). The molecule has 0 aliphatic carbocycles. The fourth-order valence-electron chi connectivity index (χ4n) is 2.14. The average Bonchev–Trinajstić information content (AvgIpc) is 2.47. The smallest absolute Gasteiger partial charge is 0.230 e. The van der Waals surface area contributed by atoms with E-state index in [-0.39, 0.29) is 18.1 Å². The molecule has 3 nitrogen and oxygen atoms in total. The molecule has 0 atom stereocenters. The molecule has 0 fully saturated rings. The summed E-state index contributed by atoms with van der Waals surface area (Å²) in [5.74, 6) is -0.597. The molecular weight excluding hydrogens is 267 g/mol. The second kappa shape index (κ2) is 5.71. The highest BCUT2D eigenvalue weighted by atomic mass is 19.1. The molecule has 0 unspecified atom stereocenters. The third kappa shape index (κ3) is 3.23. The summed E-state index contributed by atoms with van der Waals surface area (Å²) in [5.41, 5.74) is 1.98. The van der Waals surface area contributed by atoms with E-state index < -0.39 is 0 Å². The minimum Gasteiger partial charge on any atom is -0.326 e. The van der Waals surface area contributed by atoms with E-state index in [0.29, 0.717) is 11.4 Å². The summed E-state index contributed by atoms with van der Waals surface area (Å²) < 4.78 is 13.1. The minimum atomic E-state index is -0.378. The van der Waals surface area contributed by atoms with Gasteiger partial charge in [-0.25, -0.2) is 4.39 Å². The van der Waals surface area contributed by atoms with Gasteiger partial charge in [0.05, 0.1) is 17.6 Å². The Bertz CT molecular complexity index is 801. The number of aromatic nitrogens is 1. The fraction of sp³-hybridized carbons (Fsp3) is 0.0588. The van der Waals surface area contributed by atoms with Gasteiger partial charge in [0.25, 0.3) is 0 Å². The van der Waals surface area contributed by atoms with Gasteiger partial charge in [0.15, 0.2) is 0 Å². The van der Waals surface area contributed by atoms with Crippen molar-refractivity contribution in [2.75, 3.05) is 5.32 Å². The molecule has 1 heterocycles. The third-order valence-corrected chi connectivity index (χ3v) is 3.11. The molecule has 0 spiro atoms. The van der Waals surface area contributed by atoms with Crippen LogP contribution in [0.2, 0.25) is 0 Å². The molecular formula is C17H13FN2O. The standard InChI is InChI=1S/C17H13FN2O/c18-13-5-3-6-14(10-13)20-17(21)11-15-9-8-12-4-1-2-7-16(12)19-15/h1-10H,11H2,(H,20,21). The normalized spacial score (nSPS) is 10.5. The van der Waals surface area contributed by atoms with Crippen molar-refractivity contribution in [1.29, 1.82) is 0 Å². The Morgan fingerprint density at radius 1 is 1.05 bits per heavy atom. The maximum atomic E-state index is 13.1. The number of rotatable bonds is 3. The molecule has 104 valence electrons. The molecule has 0 bridgehead atoms. The predicted molar refractivity (Wildman–Crippen MR) is 80.5 cm³/mol. The maximum absolute atomic E-state index is 13.1. The highest BCUT2D eigenvalue weighted by molar-refractivity contribution is 5.92. The second-order valence-corrected chi connectivity index (χ2v) is 4.73. The number of nitrogens with zero attached hydrogens (tertiary/aromatic N) is 1. The number of carbonyl (C=O) groups is 1. The van der Waals surface area contributed by atoms with Gasteiger partial charge in [-0.1, -0.05) is 30.3 Å². The number of para-hydroxylation sites is 1. The van der Waals surface area contributed by atoms with E-state index in [0.717, 1.165) is 10.9 Å². The summed E-state index contributed by atoms with van der Waals surface area (Å²) in [6.45, 7) is 0. The van der Waals surface area contributed by atoms with Crippen LogP contribution < -0.4 is 5.32 Å². The number of halogens is 1. The van der Waals surface area contributed by atoms with E-state index in [1.54, 1.807) is 12.1 Å². The van der Waals surface area contributed by atoms with Crippen molar-refractivity contribution in [2.24, 2.45) is 0 Å². The van der Waals surface area contributed by atoms with E-state index in [4.69, 9.17) is 0 Å². The van der Waals surface area contributed by atoms with Gasteiger partial charge < -0.3 is 5.32 Å². The summed E-state index contributed by atoms with van der Waals surface area (Å²) in [6, 6.07) is 17.3. The number of fused-ring (bicyclic) bond motifs is 1. The molecule has 0 radical (unpaired) electrons. The SMILES string of the molecule is O=C(Cc1ccc2ccccc2n1)Nc1cccc(F)c1. The lowest BCUT2D eigenvalue weighted by molar-refractivity contribution is -0.115. The van der Waals surface area contributed by atoms with Crippen LogP contribution in [0.3, 0.4) is 0 Å². The van der Waals surface area contributed by atoms with Crippen molar-refractivity contribution in [2.45, 2.75) is 6.42 Å². The zero-order chi connectivity index (χ0) is 14.7. The Labute approximate surface area is 121 Å². The van der Waals surface area contributed by atoms with E-state index in [1.165, 1.54) is 12.1 Å². The van der Waals surface area contributed by atoms with Gasteiger partial charge >= 0.3 is 0 Å². The molecule has 0 aliphatic heterocycles. The minimum absolute atomic E-state index is 0.154. The van der Waals surface area contributed by atoms with Gasteiger partial charge in [0.2, 0.25) is 5.91 Å². The molecule has 0 saturated heterocycles. The van der Waals surface area contributed by atoms with Gasteiger partial charge in [-0.2, -0.15) is 0 Å². The van der Waals surface area contributed by atoms with E-state index in [2.05, 4.69) is 10.3 Å². The van der Waals surface area contributed by atoms with Crippen LogP contribution in [-0.2, 0) is 11.2 Å². The van der Waals surface area contributed by atoms with Gasteiger partial charge in [0, 0.05) is 11.1 Å². The molecule has 2 aromatic carbocycles. The Kier molecular flexibility index (Phi) is 3.60. The van der Waals surface area contributed by atoms with Crippen LogP contribution in [0.1, 0.15) is 5.69 Å². The number of benzene rings is 2. The van der Waals surface area contributed by atoms with Crippen LogP contribution in [0.4, 0.5) is 10.1 Å². The summed E-state index contributed by atoms with van der Waals surface area (Å²) in [7, 11) is 0. The molecule has 0 aliphatic rings. The molecule has 1 aromatic heterocycles. The van der Waals surface area contributed by atoms with E-state index in [1.807, 2.05) is 36.4 Å². The molecule has 21 heavy (non-hydrogen) atoms. The van der Waals surface area contributed by atoms with Crippen molar-refractivity contribution in [3.05, 3.63) is 72.2 Å². The number of hydrogen-bond acceptors (Lipinski definition) is 2. The number of amides is 1. The first-order valence-corrected chi connectivity index (χ1v) is 6.61. The first-order chi connectivity index (χ1) is 10.2. The van der Waals surface area contributed by atoms with E-state index in [9.17, 15) is 9.18 Å². The van der Waals surface area contributed by atoms with Crippen LogP contribution in [0.25, 0.3) is 10.9 Å². The average molecular weight is 280 g/mol. The lowest BCUT2D eigenvalue weighted by Crippen LogP contribution is -2.15. The highest BCUT2D eigenvalue weighted by Gasteiger charge is 2.06. The van der Waals surface area contributed by atoms with Crippen molar-refractivity contribution in [3.8, 4) is 0 Å². The molecule has 4 heteroatoms. The molecule has 0 saturated carbocycles. The number of anilines is 1. The Morgan fingerprint density at radius 3 is 2.76 bits per heavy atom. The fourth-order valence-corrected chi connectivity index (χ4v) is 2.14. The molecule has 3 aromatic rings. The summed E-state index contributed by atoms with van der Waals surface area (Å²) >= 11 is 0. The number of pyridine rings is 1. The first kappa shape index (κ1) is 13.2. The lowest BCUT2D eigenvalue weighted by Gasteiger charge is -2.06. The van der Waals surface area contributed by atoms with Crippen molar-refractivity contribution in [3.63, 3.8) is 0 Å². The van der Waals surface area contributed by atoms with Crippen LogP contribution >= 0.6 is 0 Å². The van der Waals surface area contributed by atoms with Crippen LogP contribution in [-0.4, -0.2) is 10.9 Å². The Hall–Kier alpha value is -2.75. The lowest BCUT2D eigenvalue weighted by atomic mass is 10.2. The first-order valence-electron chi connectivity index (χ1n) is 6.61. The quantitative estimate of drug-likeness (QED) is 0.797. The van der Waals surface area contributed by atoms with Gasteiger partial charge in [-0.05, 0) is 30.3 Å². The maximum Gasteiger partial charge on any atom is 0.230 e. The van der Waals surface area contributed by atoms with Crippen molar-refractivity contribution < 1.29 is 9.18 Å². The second-order valence-electron chi connectivity index (χ2n) is 4.73. The topological polar surface area (TPSA) is 42.0 Å². The number of carbonyl (C=O) groups excluding carboxylic acids is 1. The third-order valence-electron chi connectivity index (χ3n) is 3.11. The number of nitrogens with one attached hydrogen (secondary N) is 1. The van der Waals surface area contributed by atoms with Crippen molar-refractivity contribution >= 4 is 22.5 Å². The van der Waals surface area contributed by atoms with Crippen LogP contribution in [0, 0.1) is 5.82 Å². The van der Waals surface area contributed by atoms with E-state index >= 15 is 0 Å². The van der Waals surface area contributed by atoms with Gasteiger partial charge in [-0.3, -0.25) is 9.78 Å². The van der Waals surface area contributed by atoms with Crippen LogP contribution in [0.5, 0.6) is 0 Å². The largest absolute Gasteiger partial charge is 0.326 e. The zero-order valence-corrected chi connectivity index (χ0v) is 11.2. The highest BCUT2D eigenvalue weighted by Crippen LogP contribution is 2.13. The monoisotopic (exact) mass is 280 g/mol. The predicted octanol–water partition coefficient (Wildman–Crippen LogP) is 3.56. The zero-order valence-electron chi connectivity index (χ0n) is 11.2. The summed E-state index contributed by atoms with van der Waals surface area (Å²) in [6.07, 6.45) is 0.154.